The van der Waals surface area contributed by atoms with Crippen molar-refractivity contribution in [3.05, 3.63) is 63.4 Å². The molecule has 2 rings (SSSR count). The summed E-state index contributed by atoms with van der Waals surface area (Å²) in [6, 6.07) is 10.4. The molecule has 5 heteroatoms. The van der Waals surface area contributed by atoms with Crippen LogP contribution in [0.15, 0.2) is 36.4 Å². The Kier molecular flexibility index (Phi) is 5.85. The van der Waals surface area contributed by atoms with Crippen molar-refractivity contribution in [3.8, 4) is 5.75 Å². The second-order valence-corrected chi connectivity index (χ2v) is 5.32. The second-order valence-electron chi connectivity index (χ2n) is 4.51. The minimum atomic E-state index is -0.459. The number of hydrogen-bond acceptors (Lipinski definition) is 2. The molecule has 0 fully saturated rings. The molecule has 0 heterocycles. The van der Waals surface area contributed by atoms with Gasteiger partial charge >= 0.3 is 0 Å². The highest BCUT2D eigenvalue weighted by Crippen LogP contribution is 2.30. The Bertz CT molecular complexity index is 619. The lowest BCUT2D eigenvalue weighted by molar-refractivity contribution is 0.296. The summed E-state index contributed by atoms with van der Waals surface area (Å²) < 4.78 is 19.6. The van der Waals surface area contributed by atoms with Gasteiger partial charge in [0.25, 0.3) is 0 Å². The zero-order chi connectivity index (χ0) is 15.2. The molecular formula is C16H16Cl2FNO. The SMILES string of the molecule is CCNCc1cccc(Cl)c1OCc1cccc(Cl)c1F. The number of rotatable bonds is 6. The van der Waals surface area contributed by atoms with E-state index in [1.165, 1.54) is 6.07 Å². The molecule has 2 aromatic carbocycles. The molecule has 0 atom stereocenters. The molecule has 0 spiro atoms. The van der Waals surface area contributed by atoms with E-state index in [0.717, 1.165) is 12.1 Å². The minimum Gasteiger partial charge on any atom is -0.487 e. The topological polar surface area (TPSA) is 21.3 Å². The van der Waals surface area contributed by atoms with Crippen LogP contribution in [0.1, 0.15) is 18.1 Å². The Balaban J connectivity index is 2.17. The normalized spacial score (nSPS) is 10.7. The van der Waals surface area contributed by atoms with Gasteiger partial charge in [0.15, 0.2) is 0 Å². The van der Waals surface area contributed by atoms with Crippen LogP contribution in [0.5, 0.6) is 5.75 Å². The van der Waals surface area contributed by atoms with E-state index in [-0.39, 0.29) is 11.6 Å². The summed E-state index contributed by atoms with van der Waals surface area (Å²) >= 11 is 11.9. The number of hydrogen-bond donors (Lipinski definition) is 1. The van der Waals surface area contributed by atoms with E-state index in [2.05, 4.69) is 5.32 Å². The predicted octanol–water partition coefficient (Wildman–Crippen LogP) is 4.82. The zero-order valence-corrected chi connectivity index (χ0v) is 13.1. The van der Waals surface area contributed by atoms with Gasteiger partial charge in [-0.15, -0.1) is 0 Å². The molecule has 0 aromatic heterocycles. The van der Waals surface area contributed by atoms with Crippen molar-refractivity contribution in [1.29, 1.82) is 0 Å². The molecule has 21 heavy (non-hydrogen) atoms. The molecule has 0 bridgehead atoms. The Morgan fingerprint density at radius 2 is 1.71 bits per heavy atom. The summed E-state index contributed by atoms with van der Waals surface area (Å²) in [7, 11) is 0. The molecule has 0 aliphatic carbocycles. The van der Waals surface area contributed by atoms with Gasteiger partial charge in [-0.3, -0.25) is 0 Å². The molecule has 112 valence electrons. The number of benzene rings is 2. The fourth-order valence-electron chi connectivity index (χ4n) is 1.92. The molecular weight excluding hydrogens is 312 g/mol. The average Bonchev–Trinajstić information content (AvgIpc) is 2.48. The van der Waals surface area contributed by atoms with Gasteiger partial charge in [0.05, 0.1) is 10.0 Å². The first-order valence-electron chi connectivity index (χ1n) is 6.67. The van der Waals surface area contributed by atoms with Crippen molar-refractivity contribution < 1.29 is 9.13 Å². The predicted molar refractivity (Wildman–Crippen MR) is 84.6 cm³/mol. The first kappa shape index (κ1) is 16.1. The monoisotopic (exact) mass is 327 g/mol. The van der Waals surface area contributed by atoms with Crippen molar-refractivity contribution in [2.75, 3.05) is 6.54 Å². The highest BCUT2D eigenvalue weighted by molar-refractivity contribution is 6.32. The summed E-state index contributed by atoms with van der Waals surface area (Å²) in [5.74, 6) is 0.110. The molecule has 0 aliphatic rings. The number of ether oxygens (including phenoxy) is 1. The maximum Gasteiger partial charge on any atom is 0.148 e. The van der Waals surface area contributed by atoms with Crippen LogP contribution < -0.4 is 10.1 Å². The fraction of sp³-hybridized carbons (Fsp3) is 0.250. The molecule has 2 nitrogen and oxygen atoms in total. The first-order valence-corrected chi connectivity index (χ1v) is 7.43. The van der Waals surface area contributed by atoms with Gasteiger partial charge in [-0.2, -0.15) is 0 Å². The van der Waals surface area contributed by atoms with E-state index in [0.29, 0.717) is 22.9 Å². The van der Waals surface area contributed by atoms with E-state index >= 15 is 0 Å². The standard InChI is InChI=1S/C16H16Cl2FNO/c1-2-20-9-11-5-3-8-14(18)16(11)21-10-12-6-4-7-13(17)15(12)19/h3-8,20H,2,9-10H2,1H3. The summed E-state index contributed by atoms with van der Waals surface area (Å²) in [6.45, 7) is 3.58. The molecule has 2 aromatic rings. The Morgan fingerprint density at radius 3 is 2.43 bits per heavy atom. The summed E-state index contributed by atoms with van der Waals surface area (Å²) in [5, 5.41) is 3.81. The molecule has 0 amide bonds. The van der Waals surface area contributed by atoms with E-state index < -0.39 is 5.82 Å². The van der Waals surface area contributed by atoms with E-state index in [1.54, 1.807) is 18.2 Å². The van der Waals surface area contributed by atoms with Crippen LogP contribution >= 0.6 is 23.2 Å². The van der Waals surface area contributed by atoms with Gasteiger partial charge in [0, 0.05) is 17.7 Å². The van der Waals surface area contributed by atoms with E-state index in [9.17, 15) is 4.39 Å². The second kappa shape index (κ2) is 7.64. The first-order chi connectivity index (χ1) is 10.1. The van der Waals surface area contributed by atoms with Crippen LogP contribution in [0.25, 0.3) is 0 Å². The smallest absolute Gasteiger partial charge is 0.148 e. The lowest BCUT2D eigenvalue weighted by Crippen LogP contribution is -2.13. The summed E-state index contributed by atoms with van der Waals surface area (Å²) in [5.41, 5.74) is 1.34. The highest BCUT2D eigenvalue weighted by atomic mass is 35.5. The van der Waals surface area contributed by atoms with Gasteiger partial charge in [-0.1, -0.05) is 54.4 Å². The third-order valence-corrected chi connectivity index (χ3v) is 3.61. The quantitative estimate of drug-likeness (QED) is 0.821. The zero-order valence-electron chi connectivity index (χ0n) is 11.6. The van der Waals surface area contributed by atoms with Crippen molar-refractivity contribution in [2.45, 2.75) is 20.1 Å². The Hall–Kier alpha value is -1.29. The van der Waals surface area contributed by atoms with E-state index in [1.807, 2.05) is 19.1 Å². The number of halogens is 3. The third kappa shape index (κ3) is 4.10. The highest BCUT2D eigenvalue weighted by Gasteiger charge is 2.11. The van der Waals surface area contributed by atoms with Gasteiger partial charge in [-0.25, -0.2) is 4.39 Å². The van der Waals surface area contributed by atoms with Crippen LogP contribution in [0.4, 0.5) is 4.39 Å². The lowest BCUT2D eigenvalue weighted by Gasteiger charge is -2.14. The largest absolute Gasteiger partial charge is 0.487 e. The third-order valence-electron chi connectivity index (χ3n) is 3.02. The van der Waals surface area contributed by atoms with E-state index in [4.69, 9.17) is 27.9 Å². The minimum absolute atomic E-state index is 0.0786. The number of para-hydroxylation sites is 1. The van der Waals surface area contributed by atoms with Crippen LogP contribution in [0, 0.1) is 5.82 Å². The van der Waals surface area contributed by atoms with Gasteiger partial charge in [0.2, 0.25) is 0 Å². The maximum atomic E-state index is 13.9. The lowest BCUT2D eigenvalue weighted by atomic mass is 10.2. The Morgan fingerprint density at radius 1 is 1.05 bits per heavy atom. The molecule has 0 saturated carbocycles. The fourth-order valence-corrected chi connectivity index (χ4v) is 2.37. The van der Waals surface area contributed by atoms with Gasteiger partial charge in [-0.05, 0) is 18.7 Å². The van der Waals surface area contributed by atoms with Gasteiger partial charge < -0.3 is 10.1 Å². The van der Waals surface area contributed by atoms with Crippen molar-refractivity contribution in [3.63, 3.8) is 0 Å². The van der Waals surface area contributed by atoms with Gasteiger partial charge in [0.1, 0.15) is 18.2 Å². The van der Waals surface area contributed by atoms with Crippen molar-refractivity contribution in [2.24, 2.45) is 0 Å². The molecule has 0 saturated heterocycles. The van der Waals surface area contributed by atoms with Crippen molar-refractivity contribution in [1.82, 2.24) is 5.32 Å². The maximum absolute atomic E-state index is 13.9. The van der Waals surface area contributed by atoms with Crippen molar-refractivity contribution >= 4 is 23.2 Å². The molecule has 0 radical (unpaired) electrons. The van der Waals surface area contributed by atoms with Crippen LogP contribution in [-0.4, -0.2) is 6.54 Å². The summed E-state index contributed by atoms with van der Waals surface area (Å²) in [6.07, 6.45) is 0. The Labute approximate surface area is 133 Å². The van der Waals surface area contributed by atoms with Crippen LogP contribution in [0.2, 0.25) is 10.0 Å². The average molecular weight is 328 g/mol. The summed E-state index contributed by atoms with van der Waals surface area (Å²) in [4.78, 5) is 0. The molecule has 0 unspecified atom stereocenters. The molecule has 0 aliphatic heterocycles. The molecule has 1 N–H and O–H groups in total. The van der Waals surface area contributed by atoms with Crippen LogP contribution in [-0.2, 0) is 13.2 Å². The van der Waals surface area contributed by atoms with Crippen LogP contribution in [0.3, 0.4) is 0 Å². The number of nitrogens with one attached hydrogen (secondary N) is 1.